The van der Waals surface area contributed by atoms with E-state index in [0.717, 1.165) is 12.2 Å². The molecule has 2 fully saturated rings. The van der Waals surface area contributed by atoms with E-state index in [2.05, 4.69) is 10.2 Å². The van der Waals surface area contributed by atoms with Gasteiger partial charge in [0.05, 0.1) is 12.5 Å². The Morgan fingerprint density at radius 2 is 2.08 bits per heavy atom. The number of likely N-dealkylation sites (tertiary alicyclic amines) is 2. The Balaban J connectivity index is 1.53. The molecule has 130 valence electrons. The van der Waals surface area contributed by atoms with Crippen molar-refractivity contribution in [1.82, 2.24) is 20.0 Å². The Bertz CT molecular complexity index is 619. The summed E-state index contributed by atoms with van der Waals surface area (Å²) in [6.45, 7) is 1.70. The summed E-state index contributed by atoms with van der Waals surface area (Å²) in [5.41, 5.74) is 0. The van der Waals surface area contributed by atoms with Gasteiger partial charge in [-0.15, -0.1) is 10.2 Å². The van der Waals surface area contributed by atoms with Crippen LogP contribution in [0.2, 0.25) is 0 Å². The summed E-state index contributed by atoms with van der Waals surface area (Å²) in [7, 11) is 5.54. The maximum absolute atomic E-state index is 12.5. The summed E-state index contributed by atoms with van der Waals surface area (Å²) in [4.78, 5) is 29.4. The van der Waals surface area contributed by atoms with Crippen LogP contribution in [0.3, 0.4) is 0 Å². The van der Waals surface area contributed by atoms with Crippen molar-refractivity contribution in [3.63, 3.8) is 0 Å². The number of carbonyl (C=O) groups excluding carboxylic acids is 2. The van der Waals surface area contributed by atoms with Crippen molar-refractivity contribution in [3.8, 4) is 5.88 Å². The van der Waals surface area contributed by atoms with Gasteiger partial charge in [0.2, 0.25) is 17.7 Å². The van der Waals surface area contributed by atoms with Crippen LogP contribution in [-0.4, -0.2) is 78.7 Å². The number of anilines is 1. The third kappa shape index (κ3) is 3.42. The molecular weight excluding hydrogens is 310 g/mol. The molecule has 2 aliphatic heterocycles. The van der Waals surface area contributed by atoms with Crippen molar-refractivity contribution in [2.45, 2.75) is 18.9 Å². The van der Waals surface area contributed by atoms with Crippen LogP contribution in [0, 0.1) is 5.92 Å². The molecule has 0 unspecified atom stereocenters. The third-order valence-electron chi connectivity index (χ3n) is 4.52. The Morgan fingerprint density at radius 1 is 1.29 bits per heavy atom. The van der Waals surface area contributed by atoms with Crippen LogP contribution in [0.25, 0.3) is 0 Å². The monoisotopic (exact) mass is 333 g/mol. The van der Waals surface area contributed by atoms with Crippen molar-refractivity contribution in [1.29, 1.82) is 0 Å². The minimum absolute atomic E-state index is 0.0385. The van der Waals surface area contributed by atoms with E-state index in [1.165, 1.54) is 0 Å². The molecule has 8 nitrogen and oxygen atoms in total. The molecule has 0 saturated carbocycles. The molecule has 1 aromatic heterocycles. The second kappa shape index (κ2) is 6.62. The van der Waals surface area contributed by atoms with Gasteiger partial charge in [0.15, 0.2) is 5.82 Å². The van der Waals surface area contributed by atoms with E-state index < -0.39 is 0 Å². The average molecular weight is 333 g/mol. The minimum Gasteiger partial charge on any atom is -0.471 e. The molecule has 0 aliphatic carbocycles. The first-order valence-corrected chi connectivity index (χ1v) is 8.14. The summed E-state index contributed by atoms with van der Waals surface area (Å²) >= 11 is 0. The topological polar surface area (TPSA) is 78.9 Å². The minimum atomic E-state index is -0.222. The van der Waals surface area contributed by atoms with Gasteiger partial charge in [0.25, 0.3) is 0 Å². The van der Waals surface area contributed by atoms with E-state index in [1.807, 2.05) is 25.1 Å². The van der Waals surface area contributed by atoms with E-state index >= 15 is 0 Å². The zero-order valence-corrected chi connectivity index (χ0v) is 14.3. The van der Waals surface area contributed by atoms with Crippen molar-refractivity contribution in [2.75, 3.05) is 45.7 Å². The van der Waals surface area contributed by atoms with Gasteiger partial charge in [-0.1, -0.05) is 0 Å². The van der Waals surface area contributed by atoms with Gasteiger partial charge in [-0.05, 0) is 6.07 Å². The number of amides is 2. The lowest BCUT2D eigenvalue weighted by Gasteiger charge is -2.20. The number of carbonyl (C=O) groups is 2. The molecule has 0 aromatic carbocycles. The van der Waals surface area contributed by atoms with E-state index in [9.17, 15) is 9.59 Å². The van der Waals surface area contributed by atoms with Crippen molar-refractivity contribution < 1.29 is 14.3 Å². The lowest BCUT2D eigenvalue weighted by molar-refractivity contribution is -0.135. The zero-order valence-electron chi connectivity index (χ0n) is 14.3. The highest BCUT2D eigenvalue weighted by Gasteiger charge is 2.37. The fourth-order valence-corrected chi connectivity index (χ4v) is 3.10. The van der Waals surface area contributed by atoms with Crippen LogP contribution in [0.15, 0.2) is 12.1 Å². The maximum atomic E-state index is 12.5. The van der Waals surface area contributed by atoms with E-state index in [0.29, 0.717) is 31.9 Å². The number of ether oxygens (including phenoxy) is 1. The number of rotatable bonds is 4. The molecular formula is C16H23N5O3. The van der Waals surface area contributed by atoms with E-state index in [-0.39, 0.29) is 23.8 Å². The number of hydrogen-bond donors (Lipinski definition) is 0. The van der Waals surface area contributed by atoms with Gasteiger partial charge in [-0.3, -0.25) is 9.59 Å². The smallest absolute Gasteiger partial charge is 0.233 e. The van der Waals surface area contributed by atoms with Gasteiger partial charge >= 0.3 is 0 Å². The molecule has 0 radical (unpaired) electrons. The lowest BCUT2D eigenvalue weighted by Crippen LogP contribution is -2.36. The van der Waals surface area contributed by atoms with Crippen LogP contribution < -0.4 is 9.64 Å². The van der Waals surface area contributed by atoms with Crippen LogP contribution in [0.5, 0.6) is 5.88 Å². The summed E-state index contributed by atoms with van der Waals surface area (Å²) in [6.07, 6.45) is 0.997. The van der Waals surface area contributed by atoms with Gasteiger partial charge in [-0.25, -0.2) is 0 Å². The van der Waals surface area contributed by atoms with E-state index in [4.69, 9.17) is 4.74 Å². The molecule has 2 aliphatic rings. The standard InChI is InChI=1S/C16H23N5O3/c1-19(2)13-4-5-14(18-17-13)24-12-6-7-21(10-12)16(23)11-8-15(22)20(3)9-11/h4-5,11-12H,6-10H2,1-3H3/t11-,12+/m0/s1. The molecule has 1 aromatic rings. The van der Waals surface area contributed by atoms with Gasteiger partial charge in [0.1, 0.15) is 6.10 Å². The molecule has 2 saturated heterocycles. The number of nitrogens with zero attached hydrogens (tertiary/aromatic N) is 5. The Labute approximate surface area is 141 Å². The molecule has 8 heteroatoms. The molecule has 2 amide bonds. The lowest BCUT2D eigenvalue weighted by atomic mass is 10.1. The van der Waals surface area contributed by atoms with Gasteiger partial charge in [0, 0.05) is 53.1 Å². The first kappa shape index (κ1) is 16.5. The van der Waals surface area contributed by atoms with Crippen LogP contribution in [0.4, 0.5) is 5.82 Å². The normalized spacial score (nSPS) is 23.7. The Hall–Kier alpha value is -2.38. The SMILES string of the molecule is CN1C[C@@H](C(=O)N2CC[C@@H](Oc3ccc(N(C)C)nn3)C2)CC1=O. The maximum Gasteiger partial charge on any atom is 0.233 e. The first-order chi connectivity index (χ1) is 11.4. The fourth-order valence-electron chi connectivity index (χ4n) is 3.10. The van der Waals surface area contributed by atoms with Gasteiger partial charge < -0.3 is 19.4 Å². The van der Waals surface area contributed by atoms with Crippen LogP contribution in [-0.2, 0) is 9.59 Å². The summed E-state index contributed by atoms with van der Waals surface area (Å²) in [6, 6.07) is 3.64. The second-order valence-corrected chi connectivity index (χ2v) is 6.61. The predicted molar refractivity (Wildman–Crippen MR) is 87.7 cm³/mol. The van der Waals surface area contributed by atoms with Crippen molar-refractivity contribution >= 4 is 17.6 Å². The molecule has 0 bridgehead atoms. The highest BCUT2D eigenvalue weighted by molar-refractivity contribution is 5.89. The zero-order chi connectivity index (χ0) is 17.3. The number of hydrogen-bond acceptors (Lipinski definition) is 6. The molecule has 0 N–H and O–H groups in total. The summed E-state index contributed by atoms with van der Waals surface area (Å²) < 4.78 is 5.83. The quantitative estimate of drug-likeness (QED) is 0.772. The molecule has 24 heavy (non-hydrogen) atoms. The van der Waals surface area contributed by atoms with Crippen LogP contribution >= 0.6 is 0 Å². The molecule has 2 atom stereocenters. The highest BCUT2D eigenvalue weighted by Crippen LogP contribution is 2.23. The summed E-state index contributed by atoms with van der Waals surface area (Å²) in [5, 5.41) is 8.14. The molecule has 0 spiro atoms. The first-order valence-electron chi connectivity index (χ1n) is 8.14. The Morgan fingerprint density at radius 3 is 2.67 bits per heavy atom. The second-order valence-electron chi connectivity index (χ2n) is 6.61. The molecule has 3 heterocycles. The fraction of sp³-hybridized carbons (Fsp3) is 0.625. The average Bonchev–Trinajstić information content (AvgIpc) is 3.14. The van der Waals surface area contributed by atoms with Crippen molar-refractivity contribution in [3.05, 3.63) is 12.1 Å². The number of aromatic nitrogens is 2. The predicted octanol–water partition coefficient (Wildman–Crippen LogP) is 0.000600. The van der Waals surface area contributed by atoms with Gasteiger partial charge in [-0.2, -0.15) is 0 Å². The van der Waals surface area contributed by atoms with E-state index in [1.54, 1.807) is 22.9 Å². The molecule has 3 rings (SSSR count). The third-order valence-corrected chi connectivity index (χ3v) is 4.52. The Kier molecular flexibility index (Phi) is 4.55. The van der Waals surface area contributed by atoms with Crippen molar-refractivity contribution in [2.24, 2.45) is 5.92 Å². The largest absolute Gasteiger partial charge is 0.471 e. The summed E-state index contributed by atoms with van der Waals surface area (Å²) in [5.74, 6) is 1.10. The van der Waals surface area contributed by atoms with Crippen LogP contribution in [0.1, 0.15) is 12.8 Å². The highest BCUT2D eigenvalue weighted by atomic mass is 16.5.